The van der Waals surface area contributed by atoms with E-state index in [4.69, 9.17) is 10.7 Å². The molecule has 1 aliphatic rings. The van der Waals surface area contributed by atoms with Crippen molar-refractivity contribution >= 4 is 35.7 Å². The van der Waals surface area contributed by atoms with E-state index in [1.54, 1.807) is 0 Å². The Labute approximate surface area is 155 Å². The van der Waals surface area contributed by atoms with Crippen LogP contribution >= 0.6 is 20.4 Å². The van der Waals surface area contributed by atoms with E-state index in [-0.39, 0.29) is 0 Å². The highest BCUT2D eigenvalue weighted by Gasteiger charge is 2.17. The molecule has 122 valence electrons. The standard InChI is InChI=1S/C23H17ClS/c24-25-22(19-12-6-2-7-13-19)16-21(18-10-4-1-5-11-18)17-23(25)20-14-8-3-9-15-20/h1-17H. The van der Waals surface area contributed by atoms with Gasteiger partial charge in [-0.3, -0.25) is 0 Å². The molecule has 1 atom stereocenters. The molecule has 0 saturated heterocycles. The summed E-state index contributed by atoms with van der Waals surface area (Å²) in [5, 5.41) is 0. The maximum absolute atomic E-state index is 6.95. The third kappa shape index (κ3) is 3.39. The van der Waals surface area contributed by atoms with E-state index in [0.717, 1.165) is 0 Å². The molecule has 3 aromatic rings. The number of rotatable bonds is 3. The minimum atomic E-state index is -0.489. The maximum Gasteiger partial charge on any atom is 0.0249 e. The van der Waals surface area contributed by atoms with Gasteiger partial charge in [0.2, 0.25) is 0 Å². The average Bonchev–Trinajstić information content (AvgIpc) is 2.70. The fourth-order valence-corrected chi connectivity index (χ4v) is 5.11. The van der Waals surface area contributed by atoms with Crippen molar-refractivity contribution in [3.8, 4) is 0 Å². The minimum absolute atomic E-state index is 0.489. The van der Waals surface area contributed by atoms with Gasteiger partial charge in [0.05, 0.1) is 0 Å². The van der Waals surface area contributed by atoms with Crippen LogP contribution in [0.15, 0.2) is 103 Å². The van der Waals surface area contributed by atoms with Crippen molar-refractivity contribution in [1.82, 2.24) is 0 Å². The Morgan fingerprint density at radius 2 is 1.00 bits per heavy atom. The second-order valence-electron chi connectivity index (χ2n) is 5.83. The van der Waals surface area contributed by atoms with E-state index in [1.165, 1.54) is 32.0 Å². The van der Waals surface area contributed by atoms with Gasteiger partial charge in [-0.1, -0.05) is 101 Å². The highest BCUT2D eigenvalue weighted by atomic mass is 35.7. The molecule has 0 amide bonds. The van der Waals surface area contributed by atoms with Crippen molar-refractivity contribution in [2.24, 2.45) is 0 Å². The summed E-state index contributed by atoms with van der Waals surface area (Å²) >= 11 is 0. The molecular formula is C23H17ClS. The molecule has 25 heavy (non-hydrogen) atoms. The molecule has 0 nitrogen and oxygen atoms in total. The van der Waals surface area contributed by atoms with Crippen molar-refractivity contribution in [2.75, 3.05) is 0 Å². The molecule has 0 spiro atoms. The SMILES string of the molecule is ClS1=C(c2ccccc2)C=C(c2ccccc2)C=C1c1ccccc1. The molecule has 3 aromatic carbocycles. The number of hydrogen-bond donors (Lipinski definition) is 0. The highest BCUT2D eigenvalue weighted by molar-refractivity contribution is 8.42. The first-order chi connectivity index (χ1) is 12.3. The van der Waals surface area contributed by atoms with Crippen molar-refractivity contribution in [3.63, 3.8) is 0 Å². The Bertz CT molecular complexity index is 966. The van der Waals surface area contributed by atoms with Crippen LogP contribution in [0, 0.1) is 0 Å². The molecular weight excluding hydrogens is 344 g/mol. The largest absolute Gasteiger partial charge is 0.0622 e. The summed E-state index contributed by atoms with van der Waals surface area (Å²) in [5.74, 6) is 0. The van der Waals surface area contributed by atoms with Gasteiger partial charge in [0.15, 0.2) is 0 Å². The first-order valence-corrected chi connectivity index (χ1v) is 10.3. The molecule has 4 rings (SSSR count). The van der Waals surface area contributed by atoms with Crippen molar-refractivity contribution < 1.29 is 0 Å². The van der Waals surface area contributed by atoms with Crippen molar-refractivity contribution in [3.05, 3.63) is 120 Å². The van der Waals surface area contributed by atoms with Gasteiger partial charge in [0, 0.05) is 9.77 Å². The molecule has 0 saturated carbocycles. The number of allylic oxidation sites excluding steroid dienone is 3. The second kappa shape index (κ2) is 7.26. The predicted octanol–water partition coefficient (Wildman–Crippen LogP) is 6.77. The molecule has 0 aromatic heterocycles. The van der Waals surface area contributed by atoms with Crippen LogP contribution in [0.25, 0.3) is 10.5 Å². The molecule has 0 aliphatic carbocycles. The van der Waals surface area contributed by atoms with Gasteiger partial charge in [-0.15, -0.1) is 0 Å². The Morgan fingerprint density at radius 3 is 1.56 bits per heavy atom. The summed E-state index contributed by atoms with van der Waals surface area (Å²) in [4.78, 5) is 2.34. The molecule has 2 heteroatoms. The lowest BCUT2D eigenvalue weighted by Gasteiger charge is -2.19. The zero-order chi connectivity index (χ0) is 17.1. The van der Waals surface area contributed by atoms with Gasteiger partial charge in [-0.2, -0.15) is 0 Å². The Balaban J connectivity index is 1.92. The maximum atomic E-state index is 6.95. The van der Waals surface area contributed by atoms with Crippen LogP contribution in [0.4, 0.5) is 0 Å². The number of benzene rings is 3. The van der Waals surface area contributed by atoms with E-state index < -0.39 is 9.70 Å². The molecule has 1 heterocycles. The summed E-state index contributed by atoms with van der Waals surface area (Å²) in [6, 6.07) is 31.3. The minimum Gasteiger partial charge on any atom is -0.0622 e. The molecule has 0 N–H and O–H groups in total. The summed E-state index contributed by atoms with van der Waals surface area (Å²) in [6.07, 6.45) is 4.46. The van der Waals surface area contributed by atoms with Crippen LogP contribution in [0.1, 0.15) is 16.7 Å². The van der Waals surface area contributed by atoms with E-state index in [1.807, 2.05) is 18.2 Å². The smallest absolute Gasteiger partial charge is 0.0249 e. The second-order valence-corrected chi connectivity index (χ2v) is 8.15. The van der Waals surface area contributed by atoms with E-state index in [9.17, 15) is 0 Å². The zero-order valence-electron chi connectivity index (χ0n) is 13.6. The van der Waals surface area contributed by atoms with Gasteiger partial charge < -0.3 is 0 Å². The topological polar surface area (TPSA) is 0 Å². The molecule has 1 unspecified atom stereocenters. The quantitative estimate of drug-likeness (QED) is 0.452. The van der Waals surface area contributed by atoms with E-state index >= 15 is 0 Å². The van der Waals surface area contributed by atoms with E-state index in [0.29, 0.717) is 0 Å². The monoisotopic (exact) mass is 360 g/mol. The normalized spacial score (nSPS) is 17.0. The Hall–Kier alpha value is -2.35. The fraction of sp³-hybridized carbons (Fsp3) is 0. The number of halogens is 1. The molecule has 1 aliphatic heterocycles. The lowest BCUT2D eigenvalue weighted by Crippen LogP contribution is -2.02. The first-order valence-electron chi connectivity index (χ1n) is 8.20. The first kappa shape index (κ1) is 16.1. The van der Waals surface area contributed by atoms with Gasteiger partial charge in [-0.05, 0) is 45.1 Å². The average molecular weight is 361 g/mol. The van der Waals surface area contributed by atoms with Crippen LogP contribution < -0.4 is 0 Å². The zero-order valence-corrected chi connectivity index (χ0v) is 15.2. The van der Waals surface area contributed by atoms with Gasteiger partial charge in [0.1, 0.15) is 0 Å². The molecule has 0 bridgehead atoms. The highest BCUT2D eigenvalue weighted by Crippen LogP contribution is 2.45. The van der Waals surface area contributed by atoms with Crippen LogP contribution in [0.5, 0.6) is 0 Å². The molecule has 0 radical (unpaired) electrons. The summed E-state index contributed by atoms with van der Waals surface area (Å²) in [6.45, 7) is 0. The third-order valence-corrected chi connectivity index (χ3v) is 6.66. The third-order valence-electron chi connectivity index (χ3n) is 4.18. The lowest BCUT2D eigenvalue weighted by molar-refractivity contribution is 1.61. The van der Waals surface area contributed by atoms with Crippen LogP contribution in [0.3, 0.4) is 0 Å². The Kier molecular flexibility index (Phi) is 4.69. The summed E-state index contributed by atoms with van der Waals surface area (Å²) < 4.78 is 0. The molecule has 0 fully saturated rings. The van der Waals surface area contributed by atoms with Gasteiger partial charge in [-0.25, -0.2) is 0 Å². The van der Waals surface area contributed by atoms with Crippen LogP contribution in [0.2, 0.25) is 0 Å². The van der Waals surface area contributed by atoms with E-state index in [2.05, 4.69) is 84.9 Å². The van der Waals surface area contributed by atoms with Gasteiger partial charge in [0.25, 0.3) is 0 Å². The van der Waals surface area contributed by atoms with Crippen molar-refractivity contribution in [1.29, 1.82) is 0 Å². The van der Waals surface area contributed by atoms with Gasteiger partial charge >= 0.3 is 0 Å². The lowest BCUT2D eigenvalue weighted by atomic mass is 10.0. The summed E-state index contributed by atoms with van der Waals surface area (Å²) in [7, 11) is 6.46. The fourth-order valence-electron chi connectivity index (χ4n) is 2.92. The Morgan fingerprint density at radius 1 is 0.520 bits per heavy atom. The number of hydrogen-bond acceptors (Lipinski definition) is 0. The van der Waals surface area contributed by atoms with Crippen molar-refractivity contribution in [2.45, 2.75) is 0 Å². The predicted molar refractivity (Wildman–Crippen MR) is 113 cm³/mol. The van der Waals surface area contributed by atoms with Crippen LogP contribution in [-0.4, -0.2) is 4.86 Å². The van der Waals surface area contributed by atoms with Crippen LogP contribution in [-0.2, 0) is 0 Å². The summed E-state index contributed by atoms with van der Waals surface area (Å²) in [5.41, 5.74) is 4.76.